The summed E-state index contributed by atoms with van der Waals surface area (Å²) in [7, 11) is 1.63. The summed E-state index contributed by atoms with van der Waals surface area (Å²) in [6.45, 7) is 0. The third-order valence-electron chi connectivity index (χ3n) is 2.72. The average Bonchev–Trinajstić information content (AvgIpc) is 2.39. The van der Waals surface area contributed by atoms with E-state index in [-0.39, 0.29) is 11.9 Å². The van der Waals surface area contributed by atoms with Crippen molar-refractivity contribution in [3.8, 4) is 5.75 Å². The number of benzene rings is 1. The Hall–Kier alpha value is -1.94. The molecule has 2 N–H and O–H groups in total. The molecule has 1 unspecified atom stereocenters. The number of aromatic nitrogens is 1. The van der Waals surface area contributed by atoms with Crippen LogP contribution in [0.1, 0.15) is 17.3 Å². The summed E-state index contributed by atoms with van der Waals surface area (Å²) in [6, 6.07) is 10.4. The molecule has 94 valence electrons. The quantitative estimate of drug-likeness (QED) is 0.901. The molecule has 3 nitrogen and oxygen atoms in total. The first-order chi connectivity index (χ1) is 8.69. The topological polar surface area (TPSA) is 48.1 Å². The molecule has 0 aliphatic heterocycles. The summed E-state index contributed by atoms with van der Waals surface area (Å²) in [4.78, 5) is 3.99. The molecular weight excluding hydrogens is 231 g/mol. The minimum atomic E-state index is -0.354. The van der Waals surface area contributed by atoms with Gasteiger partial charge in [0.25, 0.3) is 0 Å². The highest BCUT2D eigenvalue weighted by molar-refractivity contribution is 5.29. The van der Waals surface area contributed by atoms with Crippen LogP contribution < -0.4 is 10.5 Å². The standard InChI is InChI=1S/C14H15FN2O/c1-18-12-4-2-3-10(7-12)8-13(16)14-6-5-11(15)9-17-14/h2-7,9,13H,8,16H2,1H3. The smallest absolute Gasteiger partial charge is 0.141 e. The summed E-state index contributed by atoms with van der Waals surface area (Å²) in [5.41, 5.74) is 7.79. The fraction of sp³-hybridized carbons (Fsp3) is 0.214. The second-order valence-corrected chi connectivity index (χ2v) is 4.06. The Kier molecular flexibility index (Phi) is 3.89. The van der Waals surface area contributed by atoms with Crippen LogP contribution in [0.5, 0.6) is 5.75 Å². The van der Waals surface area contributed by atoms with Crippen LogP contribution in [0.4, 0.5) is 4.39 Å². The maximum absolute atomic E-state index is 12.8. The first-order valence-electron chi connectivity index (χ1n) is 5.69. The number of ether oxygens (including phenoxy) is 1. The number of hydrogen-bond acceptors (Lipinski definition) is 3. The van der Waals surface area contributed by atoms with E-state index >= 15 is 0 Å². The van der Waals surface area contributed by atoms with Crippen molar-refractivity contribution < 1.29 is 9.13 Å². The molecule has 2 aromatic rings. The number of pyridine rings is 1. The van der Waals surface area contributed by atoms with Gasteiger partial charge < -0.3 is 10.5 Å². The normalized spacial score (nSPS) is 12.2. The van der Waals surface area contributed by atoms with Gasteiger partial charge in [-0.1, -0.05) is 12.1 Å². The van der Waals surface area contributed by atoms with E-state index in [1.54, 1.807) is 13.2 Å². The highest BCUT2D eigenvalue weighted by atomic mass is 19.1. The zero-order valence-electron chi connectivity index (χ0n) is 10.1. The second-order valence-electron chi connectivity index (χ2n) is 4.06. The van der Waals surface area contributed by atoms with Gasteiger partial charge in [0.15, 0.2) is 0 Å². The van der Waals surface area contributed by atoms with E-state index in [0.717, 1.165) is 11.3 Å². The van der Waals surface area contributed by atoms with Crippen molar-refractivity contribution in [3.63, 3.8) is 0 Å². The fourth-order valence-corrected chi connectivity index (χ4v) is 1.76. The summed E-state index contributed by atoms with van der Waals surface area (Å²) in [5, 5.41) is 0. The van der Waals surface area contributed by atoms with Crippen LogP contribution in [-0.2, 0) is 6.42 Å². The van der Waals surface area contributed by atoms with Gasteiger partial charge in [-0.3, -0.25) is 4.98 Å². The molecule has 0 radical (unpaired) electrons. The third kappa shape index (κ3) is 3.05. The Morgan fingerprint density at radius 3 is 2.83 bits per heavy atom. The molecule has 0 spiro atoms. The first-order valence-corrected chi connectivity index (χ1v) is 5.69. The molecule has 1 aromatic carbocycles. The van der Waals surface area contributed by atoms with Crippen LogP contribution >= 0.6 is 0 Å². The lowest BCUT2D eigenvalue weighted by Crippen LogP contribution is -2.14. The molecule has 4 heteroatoms. The maximum atomic E-state index is 12.8. The molecule has 0 aliphatic carbocycles. The van der Waals surface area contributed by atoms with Crippen LogP contribution in [0.2, 0.25) is 0 Å². The van der Waals surface area contributed by atoms with Gasteiger partial charge >= 0.3 is 0 Å². The molecule has 1 atom stereocenters. The highest BCUT2D eigenvalue weighted by Gasteiger charge is 2.09. The number of halogens is 1. The summed E-state index contributed by atoms with van der Waals surface area (Å²) in [6.07, 6.45) is 1.82. The van der Waals surface area contributed by atoms with Crippen molar-refractivity contribution in [2.24, 2.45) is 5.73 Å². The minimum Gasteiger partial charge on any atom is -0.497 e. The lowest BCUT2D eigenvalue weighted by molar-refractivity contribution is 0.414. The van der Waals surface area contributed by atoms with Crippen molar-refractivity contribution in [1.29, 1.82) is 0 Å². The molecule has 0 bridgehead atoms. The van der Waals surface area contributed by atoms with Crippen LogP contribution in [0.25, 0.3) is 0 Å². The SMILES string of the molecule is COc1cccc(CC(N)c2ccc(F)cn2)c1. The van der Waals surface area contributed by atoms with E-state index < -0.39 is 0 Å². The maximum Gasteiger partial charge on any atom is 0.141 e. The molecule has 0 saturated carbocycles. The molecule has 0 fully saturated rings. The van der Waals surface area contributed by atoms with Crippen LogP contribution in [-0.4, -0.2) is 12.1 Å². The predicted octanol–water partition coefficient (Wildman–Crippen LogP) is 2.47. The van der Waals surface area contributed by atoms with Gasteiger partial charge in [0.2, 0.25) is 0 Å². The van der Waals surface area contributed by atoms with Gasteiger partial charge in [-0.05, 0) is 36.2 Å². The lowest BCUT2D eigenvalue weighted by Gasteiger charge is -2.11. The van der Waals surface area contributed by atoms with Crippen molar-refractivity contribution >= 4 is 0 Å². The van der Waals surface area contributed by atoms with Gasteiger partial charge in [0, 0.05) is 0 Å². The van der Waals surface area contributed by atoms with E-state index in [2.05, 4.69) is 4.98 Å². The van der Waals surface area contributed by atoms with Crippen molar-refractivity contribution in [2.45, 2.75) is 12.5 Å². The highest BCUT2D eigenvalue weighted by Crippen LogP contribution is 2.18. The summed E-state index contributed by atoms with van der Waals surface area (Å²) in [5.74, 6) is 0.444. The predicted molar refractivity (Wildman–Crippen MR) is 67.8 cm³/mol. The van der Waals surface area contributed by atoms with E-state index in [0.29, 0.717) is 12.1 Å². The Morgan fingerprint density at radius 2 is 2.17 bits per heavy atom. The Morgan fingerprint density at radius 1 is 1.33 bits per heavy atom. The van der Waals surface area contributed by atoms with E-state index in [1.165, 1.54) is 12.3 Å². The Balaban J connectivity index is 2.10. The van der Waals surface area contributed by atoms with Gasteiger partial charge in [-0.15, -0.1) is 0 Å². The lowest BCUT2D eigenvalue weighted by atomic mass is 10.0. The van der Waals surface area contributed by atoms with E-state index in [4.69, 9.17) is 10.5 Å². The fourth-order valence-electron chi connectivity index (χ4n) is 1.76. The molecule has 0 aliphatic rings. The number of nitrogens with two attached hydrogens (primary N) is 1. The van der Waals surface area contributed by atoms with Gasteiger partial charge in [-0.25, -0.2) is 4.39 Å². The second kappa shape index (κ2) is 5.60. The number of hydrogen-bond donors (Lipinski definition) is 1. The average molecular weight is 246 g/mol. The van der Waals surface area contributed by atoms with Crippen LogP contribution in [0, 0.1) is 5.82 Å². The molecule has 0 amide bonds. The number of methoxy groups -OCH3 is 1. The molecule has 18 heavy (non-hydrogen) atoms. The van der Waals surface area contributed by atoms with Crippen molar-refractivity contribution in [1.82, 2.24) is 4.98 Å². The van der Waals surface area contributed by atoms with Crippen molar-refractivity contribution in [2.75, 3.05) is 7.11 Å². The zero-order chi connectivity index (χ0) is 13.0. The summed E-state index contributed by atoms with van der Waals surface area (Å²) >= 11 is 0. The molecule has 1 heterocycles. The Labute approximate surface area is 105 Å². The first kappa shape index (κ1) is 12.5. The van der Waals surface area contributed by atoms with Crippen molar-refractivity contribution in [3.05, 3.63) is 59.7 Å². The van der Waals surface area contributed by atoms with Gasteiger partial charge in [0.1, 0.15) is 11.6 Å². The van der Waals surface area contributed by atoms with Gasteiger partial charge in [-0.2, -0.15) is 0 Å². The largest absolute Gasteiger partial charge is 0.497 e. The van der Waals surface area contributed by atoms with Crippen LogP contribution in [0.3, 0.4) is 0 Å². The molecule has 0 saturated heterocycles. The third-order valence-corrected chi connectivity index (χ3v) is 2.72. The number of nitrogens with zero attached hydrogens (tertiary/aromatic N) is 1. The van der Waals surface area contributed by atoms with E-state index in [9.17, 15) is 4.39 Å². The van der Waals surface area contributed by atoms with Crippen LogP contribution in [0.15, 0.2) is 42.6 Å². The monoisotopic (exact) mass is 246 g/mol. The molecule has 1 aromatic heterocycles. The zero-order valence-corrected chi connectivity index (χ0v) is 10.1. The number of rotatable bonds is 4. The summed E-state index contributed by atoms with van der Waals surface area (Å²) < 4.78 is 17.9. The molecular formula is C14H15FN2O. The minimum absolute atomic E-state index is 0.252. The Bertz CT molecular complexity index is 513. The van der Waals surface area contributed by atoms with E-state index in [1.807, 2.05) is 24.3 Å². The molecule has 2 rings (SSSR count). The van der Waals surface area contributed by atoms with Gasteiger partial charge in [0.05, 0.1) is 25.0 Å².